The summed E-state index contributed by atoms with van der Waals surface area (Å²) in [5.41, 5.74) is 5.64. The molecule has 0 spiro atoms. The number of esters is 6. The van der Waals surface area contributed by atoms with E-state index in [2.05, 4.69) is 41.8 Å². The molecule has 2 unspecified atom stereocenters. The molecule has 72 heavy (non-hydrogen) atoms. The molecule has 376 valence electrons. The molecule has 17 nitrogen and oxygen atoms in total. The van der Waals surface area contributed by atoms with Crippen LogP contribution in [0, 0.1) is 0 Å². The second-order valence-corrected chi connectivity index (χ2v) is 16.5. The van der Waals surface area contributed by atoms with E-state index < -0.39 is 48.0 Å². The van der Waals surface area contributed by atoms with Crippen molar-refractivity contribution in [1.29, 1.82) is 0 Å². The Morgan fingerprint density at radius 1 is 0.611 bits per heavy atom. The lowest BCUT2D eigenvalue weighted by molar-refractivity contribution is -0.153. The van der Waals surface area contributed by atoms with Crippen molar-refractivity contribution in [2.24, 2.45) is 5.10 Å². The number of thiazole rings is 1. The molecule has 0 radical (unpaired) electrons. The zero-order valence-corrected chi connectivity index (χ0v) is 40.4. The van der Waals surface area contributed by atoms with Gasteiger partial charge in [0.05, 0.1) is 47.4 Å². The minimum Gasteiger partial charge on any atom is -0.494 e. The van der Waals surface area contributed by atoms with Crippen molar-refractivity contribution in [2.45, 2.75) is 57.2 Å². The van der Waals surface area contributed by atoms with Crippen LogP contribution >= 0.6 is 11.3 Å². The average molecular weight is 1000 g/mol. The molecule has 1 heterocycles. The first kappa shape index (κ1) is 54.6. The molecule has 5 aromatic rings. The smallest absolute Gasteiger partial charge is 0.343 e. The van der Waals surface area contributed by atoms with Crippen LogP contribution in [0.25, 0.3) is 10.2 Å². The molecule has 18 heteroatoms. The number of carbonyl (C=O) groups excluding carboxylic acids is 6. The summed E-state index contributed by atoms with van der Waals surface area (Å²) in [4.78, 5) is 77.2. The molecule has 2 atom stereocenters. The number of carbonyl (C=O) groups is 6. The van der Waals surface area contributed by atoms with Gasteiger partial charge in [0, 0.05) is 36.3 Å². The number of para-hydroxylation sites is 1. The van der Waals surface area contributed by atoms with Crippen LogP contribution in [0.15, 0.2) is 147 Å². The van der Waals surface area contributed by atoms with Gasteiger partial charge in [-0.15, -0.1) is 0 Å². The normalized spacial score (nSPS) is 11.6. The Balaban J connectivity index is 1.12. The molecular formula is C54H55N3O14S. The highest BCUT2D eigenvalue weighted by Crippen LogP contribution is 2.26. The van der Waals surface area contributed by atoms with Crippen LogP contribution in [-0.4, -0.2) is 92.3 Å². The summed E-state index contributed by atoms with van der Waals surface area (Å²) in [5, 5.41) is 4.96. The number of aromatic nitrogens is 1. The van der Waals surface area contributed by atoms with E-state index in [1.165, 1.54) is 17.6 Å². The van der Waals surface area contributed by atoms with Crippen LogP contribution in [0.3, 0.4) is 0 Å². The van der Waals surface area contributed by atoms with E-state index in [-0.39, 0.29) is 31.1 Å². The Morgan fingerprint density at radius 2 is 1.15 bits per heavy atom. The number of hydrogen-bond donors (Lipinski definition) is 1. The number of unbranched alkanes of at least 4 members (excludes halogenated alkanes) is 2. The maximum atomic E-state index is 13.4. The van der Waals surface area contributed by atoms with Gasteiger partial charge in [0.1, 0.15) is 42.7 Å². The number of anilines is 1. The number of fused-ring (bicyclic) bond motifs is 1. The monoisotopic (exact) mass is 1000 g/mol. The Morgan fingerprint density at radius 3 is 1.69 bits per heavy atom. The molecule has 0 aliphatic heterocycles. The first-order chi connectivity index (χ1) is 35.0. The van der Waals surface area contributed by atoms with Gasteiger partial charge in [0.25, 0.3) is 0 Å². The van der Waals surface area contributed by atoms with E-state index in [1.54, 1.807) is 66.7 Å². The lowest BCUT2D eigenvalue weighted by Gasteiger charge is -2.16. The van der Waals surface area contributed by atoms with Gasteiger partial charge in [0.2, 0.25) is 5.13 Å². The molecule has 0 bridgehead atoms. The standard InChI is InChI=1S/C54H55N3O14S/c1-5-48(58)67-35-43(69-50(60)7-3)15-11-13-30-64-41-24-20-38(21-25-41)52(62)66-32-29-37-19-28-46(40(33-37)34-55-57-54-56-45-17-9-10-18-47(45)72-54)71-53(63)39-22-26-42(27-23-39)65-31-14-12-16-44(70-51(61)8-4)36-68-49(59)6-2/h5-10,17-28,33-34,43-44H,1-4,11-16,29-32,35-36H2,(H,56,57)/b55-34+. The van der Waals surface area contributed by atoms with Gasteiger partial charge in [-0.05, 0) is 117 Å². The highest BCUT2D eigenvalue weighted by atomic mass is 32.1. The predicted octanol–water partition coefficient (Wildman–Crippen LogP) is 9.11. The number of benzene rings is 4. The third-order valence-corrected chi connectivity index (χ3v) is 11.1. The van der Waals surface area contributed by atoms with Crippen LogP contribution in [0.4, 0.5) is 5.13 Å². The second-order valence-electron chi connectivity index (χ2n) is 15.4. The predicted molar refractivity (Wildman–Crippen MR) is 270 cm³/mol. The number of nitrogens with zero attached hydrogens (tertiary/aromatic N) is 2. The number of ether oxygens (including phenoxy) is 8. The lowest BCUT2D eigenvalue weighted by atomic mass is 10.1. The quantitative estimate of drug-likeness (QED) is 0.00833. The molecule has 0 saturated heterocycles. The molecule has 1 N–H and O–H groups in total. The minimum absolute atomic E-state index is 0.0555. The molecule has 1 aromatic heterocycles. The molecular weight excluding hydrogens is 947 g/mol. The molecule has 0 aliphatic rings. The van der Waals surface area contributed by atoms with Crippen LogP contribution in [0.1, 0.15) is 70.4 Å². The fourth-order valence-electron chi connectivity index (χ4n) is 6.48. The molecule has 4 aromatic carbocycles. The molecule has 5 rings (SSSR count). The van der Waals surface area contributed by atoms with Gasteiger partial charge in [0.15, 0.2) is 0 Å². The van der Waals surface area contributed by atoms with Gasteiger partial charge in [-0.1, -0.05) is 55.9 Å². The first-order valence-electron chi connectivity index (χ1n) is 22.8. The Hall–Kier alpha value is -8.38. The van der Waals surface area contributed by atoms with Gasteiger partial charge in [-0.3, -0.25) is 5.43 Å². The summed E-state index contributed by atoms with van der Waals surface area (Å²) < 4.78 is 44.7. The Labute approximate surface area is 420 Å². The average Bonchev–Trinajstić information content (AvgIpc) is 3.82. The van der Waals surface area contributed by atoms with E-state index in [0.717, 1.165) is 40.1 Å². The third kappa shape index (κ3) is 18.8. The van der Waals surface area contributed by atoms with E-state index in [0.29, 0.717) is 85.9 Å². The number of hydrazone groups is 1. The zero-order chi connectivity index (χ0) is 51.5. The van der Waals surface area contributed by atoms with Gasteiger partial charge in [-0.25, -0.2) is 33.8 Å². The van der Waals surface area contributed by atoms with Gasteiger partial charge >= 0.3 is 35.8 Å². The van der Waals surface area contributed by atoms with Crippen molar-refractivity contribution in [2.75, 3.05) is 38.5 Å². The van der Waals surface area contributed by atoms with Crippen molar-refractivity contribution in [3.05, 3.63) is 164 Å². The zero-order valence-electron chi connectivity index (χ0n) is 39.5. The van der Waals surface area contributed by atoms with Crippen molar-refractivity contribution >= 4 is 68.7 Å². The SMILES string of the molecule is C=CC(=O)OCC(CCCCOc1ccc(C(=O)OCCc2ccc(OC(=O)c3ccc(OCCCCC(COC(=O)C=C)OC(=O)C=C)cc3)c(/C=N/Nc3nc4ccccc4s3)c2)cc1)OC(=O)C=C. The van der Waals surface area contributed by atoms with E-state index in [4.69, 9.17) is 37.9 Å². The largest absolute Gasteiger partial charge is 0.494 e. The van der Waals surface area contributed by atoms with Crippen LogP contribution < -0.4 is 19.6 Å². The maximum absolute atomic E-state index is 13.4. The maximum Gasteiger partial charge on any atom is 0.343 e. The molecule has 0 saturated carbocycles. The first-order valence-corrected chi connectivity index (χ1v) is 23.7. The van der Waals surface area contributed by atoms with E-state index >= 15 is 0 Å². The Kier molecular flexibility index (Phi) is 22.4. The van der Waals surface area contributed by atoms with E-state index in [9.17, 15) is 28.8 Å². The summed E-state index contributed by atoms with van der Waals surface area (Å²) in [7, 11) is 0. The lowest BCUT2D eigenvalue weighted by Crippen LogP contribution is -2.24. The highest BCUT2D eigenvalue weighted by Gasteiger charge is 2.18. The van der Waals surface area contributed by atoms with Crippen molar-refractivity contribution < 1.29 is 66.7 Å². The topological polar surface area (TPSA) is 214 Å². The van der Waals surface area contributed by atoms with Crippen molar-refractivity contribution in [1.82, 2.24) is 4.98 Å². The Bertz CT molecular complexity index is 2660. The number of hydrogen-bond acceptors (Lipinski definition) is 18. The number of nitrogens with one attached hydrogen (secondary N) is 1. The van der Waals surface area contributed by atoms with Crippen LogP contribution in [0.2, 0.25) is 0 Å². The fourth-order valence-corrected chi connectivity index (χ4v) is 7.29. The van der Waals surface area contributed by atoms with Crippen LogP contribution in [0.5, 0.6) is 17.2 Å². The molecule has 0 amide bonds. The molecule has 0 aliphatic carbocycles. The van der Waals surface area contributed by atoms with Crippen LogP contribution in [-0.2, 0) is 49.3 Å². The summed E-state index contributed by atoms with van der Waals surface area (Å²) in [6.07, 6.45) is 8.04. The fraction of sp³-hybridized carbons (Fsp3) is 0.259. The highest BCUT2D eigenvalue weighted by molar-refractivity contribution is 7.22. The van der Waals surface area contributed by atoms with Crippen molar-refractivity contribution in [3.63, 3.8) is 0 Å². The van der Waals surface area contributed by atoms with Crippen molar-refractivity contribution in [3.8, 4) is 17.2 Å². The van der Waals surface area contributed by atoms with Gasteiger partial charge < -0.3 is 37.9 Å². The van der Waals surface area contributed by atoms with Gasteiger partial charge in [-0.2, -0.15) is 5.10 Å². The summed E-state index contributed by atoms with van der Waals surface area (Å²) >= 11 is 1.43. The summed E-state index contributed by atoms with van der Waals surface area (Å²) in [6.45, 7) is 14.0. The minimum atomic E-state index is -0.646. The second kappa shape index (κ2) is 29.6. The third-order valence-electron chi connectivity index (χ3n) is 10.2. The molecule has 0 fully saturated rings. The summed E-state index contributed by atoms with van der Waals surface area (Å²) in [6, 6.07) is 25.9. The number of rotatable bonds is 31. The van der Waals surface area contributed by atoms with E-state index in [1.807, 2.05) is 24.3 Å². The summed E-state index contributed by atoms with van der Waals surface area (Å²) in [5.74, 6) is -2.30.